The van der Waals surface area contributed by atoms with Crippen LogP contribution in [0.15, 0.2) is 24.3 Å². The Labute approximate surface area is 78.3 Å². The largest absolute Gasteiger partial charge is 0.435 e. The highest BCUT2D eigenvalue weighted by Gasteiger charge is 2.07. The van der Waals surface area contributed by atoms with Gasteiger partial charge in [0.2, 0.25) is 0 Å². The minimum Gasteiger partial charge on any atom is -0.435 e. The van der Waals surface area contributed by atoms with Gasteiger partial charge in [0.15, 0.2) is 12.5 Å². The molecule has 1 aromatic rings. The average Bonchev–Trinajstić information content (AvgIpc) is 2.17. The molecule has 0 aliphatic carbocycles. The van der Waals surface area contributed by atoms with E-state index in [0.717, 1.165) is 0 Å². The number of rotatable bonds is 4. The van der Waals surface area contributed by atoms with Gasteiger partial charge in [-0.05, 0) is 24.3 Å². The van der Waals surface area contributed by atoms with Crippen LogP contribution in [-0.4, -0.2) is 19.1 Å². The molecule has 0 saturated carbocycles. The molecule has 76 valence electrons. The Bertz CT molecular complexity index is 308. The van der Waals surface area contributed by atoms with Gasteiger partial charge in [0.1, 0.15) is 5.75 Å². The summed E-state index contributed by atoms with van der Waals surface area (Å²) in [7, 11) is 0. The highest BCUT2D eigenvalue weighted by molar-refractivity contribution is 5.97. The van der Waals surface area contributed by atoms with Gasteiger partial charge in [-0.2, -0.15) is 8.78 Å². The van der Waals surface area contributed by atoms with Crippen molar-refractivity contribution in [1.29, 1.82) is 0 Å². The maximum atomic E-state index is 11.9. The van der Waals surface area contributed by atoms with Gasteiger partial charge in [-0.3, -0.25) is 4.79 Å². The maximum absolute atomic E-state index is 11.9. The fourth-order valence-electron chi connectivity index (χ4n) is 0.899. The van der Waals surface area contributed by atoms with E-state index in [1.165, 1.54) is 24.3 Å². The molecule has 0 aromatic heterocycles. The second-order valence-electron chi connectivity index (χ2n) is 2.46. The van der Waals surface area contributed by atoms with Crippen molar-refractivity contribution in [2.75, 3.05) is 6.67 Å². The summed E-state index contributed by atoms with van der Waals surface area (Å²) in [6, 6.07) is 4.85. The fraction of sp³-hybridized carbons (Fsp3) is 0.222. The first-order valence-corrected chi connectivity index (χ1v) is 3.77. The molecule has 1 rings (SSSR count). The van der Waals surface area contributed by atoms with Crippen LogP contribution >= 0.6 is 0 Å². The van der Waals surface area contributed by atoms with Gasteiger partial charge in [0.05, 0.1) is 0 Å². The van der Waals surface area contributed by atoms with Crippen LogP contribution in [0.4, 0.5) is 13.2 Å². The van der Waals surface area contributed by atoms with Crippen LogP contribution in [0.3, 0.4) is 0 Å². The SMILES string of the molecule is O=C(CF)c1ccc(OC(F)F)cc1. The van der Waals surface area contributed by atoms with Crippen molar-refractivity contribution < 1.29 is 22.7 Å². The molecule has 0 atom stereocenters. The van der Waals surface area contributed by atoms with E-state index < -0.39 is 19.1 Å². The zero-order valence-corrected chi connectivity index (χ0v) is 7.04. The minimum atomic E-state index is -2.90. The third-order valence-corrected chi connectivity index (χ3v) is 1.52. The number of halogens is 3. The van der Waals surface area contributed by atoms with E-state index in [1.807, 2.05) is 0 Å². The summed E-state index contributed by atoms with van der Waals surface area (Å²) < 4.78 is 39.3. The van der Waals surface area contributed by atoms with Crippen molar-refractivity contribution in [3.8, 4) is 5.75 Å². The van der Waals surface area contributed by atoms with E-state index in [2.05, 4.69) is 4.74 Å². The Balaban J connectivity index is 2.73. The van der Waals surface area contributed by atoms with Crippen molar-refractivity contribution in [3.05, 3.63) is 29.8 Å². The summed E-state index contributed by atoms with van der Waals surface area (Å²) in [5.41, 5.74) is 0.133. The molecule has 1 aromatic carbocycles. The molecule has 0 fully saturated rings. The van der Waals surface area contributed by atoms with Crippen molar-refractivity contribution in [1.82, 2.24) is 0 Å². The summed E-state index contributed by atoms with van der Waals surface area (Å²) in [4.78, 5) is 10.8. The maximum Gasteiger partial charge on any atom is 0.387 e. The molecule has 0 heterocycles. The highest BCUT2D eigenvalue weighted by Crippen LogP contribution is 2.15. The van der Waals surface area contributed by atoms with Gasteiger partial charge in [0, 0.05) is 5.56 Å². The van der Waals surface area contributed by atoms with Crippen molar-refractivity contribution >= 4 is 5.78 Å². The molecule has 0 spiro atoms. The van der Waals surface area contributed by atoms with Gasteiger partial charge in [-0.1, -0.05) is 0 Å². The monoisotopic (exact) mass is 204 g/mol. The van der Waals surface area contributed by atoms with Crippen molar-refractivity contribution in [2.24, 2.45) is 0 Å². The topological polar surface area (TPSA) is 26.3 Å². The predicted octanol–water partition coefficient (Wildman–Crippen LogP) is 2.44. The van der Waals surface area contributed by atoms with Crippen LogP contribution in [0, 0.1) is 0 Å². The number of benzene rings is 1. The summed E-state index contributed by atoms with van der Waals surface area (Å²) in [5.74, 6) is -0.746. The zero-order valence-electron chi connectivity index (χ0n) is 7.04. The quantitative estimate of drug-likeness (QED) is 0.704. The van der Waals surface area contributed by atoms with Gasteiger partial charge in [-0.15, -0.1) is 0 Å². The number of carbonyl (C=O) groups is 1. The summed E-state index contributed by atoms with van der Waals surface area (Å²) in [6.07, 6.45) is 0. The minimum absolute atomic E-state index is 0.0598. The Kier molecular flexibility index (Phi) is 3.50. The van der Waals surface area contributed by atoms with Crippen LogP contribution in [0.5, 0.6) is 5.75 Å². The molecule has 0 bridgehead atoms. The summed E-state index contributed by atoms with van der Waals surface area (Å²) >= 11 is 0. The molecule has 0 aliphatic rings. The first kappa shape index (κ1) is 10.6. The third kappa shape index (κ3) is 2.76. The van der Waals surface area contributed by atoms with E-state index in [1.54, 1.807) is 0 Å². The van der Waals surface area contributed by atoms with Gasteiger partial charge >= 0.3 is 6.61 Å². The third-order valence-electron chi connectivity index (χ3n) is 1.52. The molecule has 0 saturated heterocycles. The molecule has 0 amide bonds. The number of ether oxygens (including phenoxy) is 1. The van der Waals surface area contributed by atoms with Gasteiger partial charge < -0.3 is 4.74 Å². The molecular weight excluding hydrogens is 197 g/mol. The first-order chi connectivity index (χ1) is 6.63. The lowest BCUT2D eigenvalue weighted by atomic mass is 10.1. The van der Waals surface area contributed by atoms with Crippen molar-refractivity contribution in [2.45, 2.75) is 6.61 Å². The number of hydrogen-bond acceptors (Lipinski definition) is 2. The summed E-state index contributed by atoms with van der Waals surface area (Å²) in [5, 5.41) is 0. The Hall–Kier alpha value is -1.52. The van der Waals surface area contributed by atoms with Crippen LogP contribution in [0.2, 0.25) is 0 Å². The zero-order chi connectivity index (χ0) is 10.6. The summed E-state index contributed by atoms with van der Waals surface area (Å²) in [6.45, 7) is -4.01. The number of Topliss-reactive ketones (excluding diaryl/α,β-unsaturated/α-hetero) is 1. The number of ketones is 1. The van der Waals surface area contributed by atoms with Crippen LogP contribution in [-0.2, 0) is 0 Å². The van der Waals surface area contributed by atoms with Crippen LogP contribution < -0.4 is 4.74 Å². The molecular formula is C9H7F3O2. The molecule has 0 aliphatic heterocycles. The lowest BCUT2D eigenvalue weighted by molar-refractivity contribution is -0.0498. The molecule has 0 N–H and O–H groups in total. The second-order valence-corrected chi connectivity index (χ2v) is 2.46. The smallest absolute Gasteiger partial charge is 0.387 e. The normalized spacial score (nSPS) is 10.3. The highest BCUT2D eigenvalue weighted by atomic mass is 19.3. The van der Waals surface area contributed by atoms with Crippen LogP contribution in [0.25, 0.3) is 0 Å². The van der Waals surface area contributed by atoms with Crippen LogP contribution in [0.1, 0.15) is 10.4 Å². The number of carbonyl (C=O) groups excluding carboxylic acids is 1. The standard InChI is InChI=1S/C9H7F3O2/c10-5-8(13)6-1-3-7(4-2-6)14-9(11)12/h1-4,9H,5H2. The molecule has 2 nitrogen and oxygen atoms in total. The fourth-order valence-corrected chi connectivity index (χ4v) is 0.899. The van der Waals surface area contributed by atoms with Crippen molar-refractivity contribution in [3.63, 3.8) is 0 Å². The Morgan fingerprint density at radius 2 is 1.86 bits per heavy atom. The van der Waals surface area contributed by atoms with E-state index in [4.69, 9.17) is 0 Å². The Morgan fingerprint density at radius 1 is 1.29 bits per heavy atom. The van der Waals surface area contributed by atoms with Gasteiger partial charge in [-0.25, -0.2) is 4.39 Å². The lowest BCUT2D eigenvalue weighted by Gasteiger charge is -2.04. The molecule has 0 radical (unpaired) electrons. The van der Waals surface area contributed by atoms with E-state index in [-0.39, 0.29) is 11.3 Å². The number of alkyl halides is 3. The molecule has 14 heavy (non-hydrogen) atoms. The number of hydrogen-bond donors (Lipinski definition) is 0. The van der Waals surface area contributed by atoms with E-state index in [9.17, 15) is 18.0 Å². The molecule has 5 heteroatoms. The van der Waals surface area contributed by atoms with E-state index in [0.29, 0.717) is 0 Å². The molecule has 0 unspecified atom stereocenters. The average molecular weight is 204 g/mol. The predicted molar refractivity (Wildman–Crippen MR) is 43.4 cm³/mol. The lowest BCUT2D eigenvalue weighted by Crippen LogP contribution is -2.03. The first-order valence-electron chi connectivity index (χ1n) is 3.77. The van der Waals surface area contributed by atoms with E-state index >= 15 is 0 Å². The second kappa shape index (κ2) is 4.64. The van der Waals surface area contributed by atoms with Gasteiger partial charge in [0.25, 0.3) is 0 Å². The Morgan fingerprint density at radius 3 is 2.29 bits per heavy atom.